The van der Waals surface area contributed by atoms with Crippen LogP contribution in [0.3, 0.4) is 0 Å². The number of aromatic nitrogens is 1. The fourth-order valence-corrected chi connectivity index (χ4v) is 6.62. The van der Waals surface area contributed by atoms with Gasteiger partial charge >= 0.3 is 5.97 Å². The Labute approximate surface area is 254 Å². The molecule has 11 heteroatoms. The molecule has 5 rings (SSSR count). The number of fused-ring (bicyclic) bond motifs is 2. The average molecular weight is 654 g/mol. The fourth-order valence-electron chi connectivity index (χ4n) is 5.07. The number of nitrogens with zero attached hydrogens (tertiary/aromatic N) is 2. The number of allylic oxidation sites excluding steroid dienone is 1. The van der Waals surface area contributed by atoms with Gasteiger partial charge in [-0.1, -0.05) is 23.5 Å². The number of ether oxygens (including phenoxy) is 5. The second-order valence-corrected chi connectivity index (χ2v) is 11.2. The highest BCUT2D eigenvalue weighted by molar-refractivity contribution is 9.10. The van der Waals surface area contributed by atoms with E-state index in [9.17, 15) is 9.59 Å². The molecule has 0 unspecified atom stereocenters. The summed E-state index contributed by atoms with van der Waals surface area (Å²) in [4.78, 5) is 32.7. The summed E-state index contributed by atoms with van der Waals surface area (Å²) in [5.41, 5.74) is 1.67. The smallest absolute Gasteiger partial charge is 0.338 e. The molecular formula is C31H29BrN2O7S. The predicted molar refractivity (Wildman–Crippen MR) is 165 cm³/mol. The molecule has 0 saturated carbocycles. The van der Waals surface area contributed by atoms with Crippen LogP contribution in [0, 0.1) is 0 Å². The number of carbonyl (C=O) groups excluding carboxylic acids is 1. The van der Waals surface area contributed by atoms with Crippen molar-refractivity contribution < 1.29 is 28.5 Å². The van der Waals surface area contributed by atoms with Crippen molar-refractivity contribution in [2.75, 3.05) is 35.0 Å². The third-order valence-corrected chi connectivity index (χ3v) is 8.64. The molecule has 42 heavy (non-hydrogen) atoms. The van der Waals surface area contributed by atoms with Crippen molar-refractivity contribution in [2.24, 2.45) is 4.99 Å². The minimum atomic E-state index is -0.867. The van der Waals surface area contributed by atoms with Gasteiger partial charge in [0.2, 0.25) is 0 Å². The number of benzene rings is 3. The lowest BCUT2D eigenvalue weighted by Gasteiger charge is -2.26. The summed E-state index contributed by atoms with van der Waals surface area (Å²) in [7, 11) is 6.27. The Hall–Kier alpha value is -4.09. The van der Waals surface area contributed by atoms with Crippen molar-refractivity contribution in [3.63, 3.8) is 0 Å². The van der Waals surface area contributed by atoms with Crippen LogP contribution in [-0.2, 0) is 9.53 Å². The maximum Gasteiger partial charge on any atom is 0.338 e. The van der Waals surface area contributed by atoms with E-state index in [1.807, 2.05) is 30.3 Å². The van der Waals surface area contributed by atoms with Crippen LogP contribution < -0.4 is 33.8 Å². The number of methoxy groups -OCH3 is 4. The molecule has 0 bridgehead atoms. The highest BCUT2D eigenvalue weighted by Crippen LogP contribution is 2.41. The maximum atomic E-state index is 14.3. The summed E-state index contributed by atoms with van der Waals surface area (Å²) < 4.78 is 30.3. The minimum absolute atomic E-state index is 0.167. The highest BCUT2D eigenvalue weighted by Gasteiger charge is 2.35. The van der Waals surface area contributed by atoms with Crippen LogP contribution in [0.15, 0.2) is 68.0 Å². The summed E-state index contributed by atoms with van der Waals surface area (Å²) in [5, 5.41) is 1.82. The molecular weight excluding hydrogens is 624 g/mol. The second kappa shape index (κ2) is 12.0. The number of halogens is 1. The van der Waals surface area contributed by atoms with Crippen molar-refractivity contribution in [1.82, 2.24) is 4.57 Å². The molecule has 0 fully saturated rings. The number of hydrogen-bond acceptors (Lipinski definition) is 9. The number of thiazole rings is 1. The zero-order valence-electron chi connectivity index (χ0n) is 23.9. The summed E-state index contributed by atoms with van der Waals surface area (Å²) >= 11 is 4.77. The van der Waals surface area contributed by atoms with Gasteiger partial charge in [0.1, 0.15) is 29.0 Å². The van der Waals surface area contributed by atoms with E-state index in [2.05, 4.69) is 20.9 Å². The van der Waals surface area contributed by atoms with Crippen LogP contribution in [0.2, 0.25) is 0 Å². The van der Waals surface area contributed by atoms with E-state index in [-0.39, 0.29) is 17.7 Å². The summed E-state index contributed by atoms with van der Waals surface area (Å²) in [6.45, 7) is 3.64. The summed E-state index contributed by atoms with van der Waals surface area (Å²) in [5.74, 6) is 1.70. The van der Waals surface area contributed by atoms with Gasteiger partial charge < -0.3 is 23.7 Å². The Morgan fingerprint density at radius 2 is 1.71 bits per heavy atom. The SMILES string of the molecule is CCOC(=O)C1=C(C)N=c2s/c(=C\c3c(OC)ccc4ccc(OC)cc34)c(=O)n2[C@H]1c1cc(Br)c(OC)cc1OC. The first-order valence-electron chi connectivity index (χ1n) is 13.0. The van der Waals surface area contributed by atoms with Gasteiger partial charge in [0.25, 0.3) is 5.56 Å². The van der Waals surface area contributed by atoms with Gasteiger partial charge in [-0.15, -0.1) is 0 Å². The lowest BCUT2D eigenvalue weighted by Crippen LogP contribution is -2.40. The van der Waals surface area contributed by atoms with Crippen LogP contribution in [0.4, 0.5) is 0 Å². The number of carbonyl (C=O) groups is 1. The molecule has 0 radical (unpaired) electrons. The summed E-state index contributed by atoms with van der Waals surface area (Å²) in [6.07, 6.45) is 1.80. The van der Waals surface area contributed by atoms with Crippen LogP contribution in [0.5, 0.6) is 23.0 Å². The third kappa shape index (κ3) is 5.07. The van der Waals surface area contributed by atoms with Gasteiger partial charge in [-0.05, 0) is 70.9 Å². The number of esters is 1. The van der Waals surface area contributed by atoms with Gasteiger partial charge in [-0.25, -0.2) is 9.79 Å². The molecule has 1 atom stereocenters. The van der Waals surface area contributed by atoms with E-state index in [1.165, 1.54) is 23.0 Å². The van der Waals surface area contributed by atoms with Crippen molar-refractivity contribution >= 4 is 50.1 Å². The predicted octanol–water partition coefficient (Wildman–Crippen LogP) is 4.75. The molecule has 3 aromatic carbocycles. The third-order valence-electron chi connectivity index (χ3n) is 7.04. The zero-order valence-corrected chi connectivity index (χ0v) is 26.3. The Bertz CT molecular complexity index is 1920. The topological polar surface area (TPSA) is 97.6 Å². The fraction of sp³-hybridized carbons (Fsp3) is 0.258. The van der Waals surface area contributed by atoms with Crippen molar-refractivity contribution in [3.8, 4) is 23.0 Å². The van der Waals surface area contributed by atoms with Gasteiger partial charge in [-0.3, -0.25) is 9.36 Å². The highest BCUT2D eigenvalue weighted by atomic mass is 79.9. The lowest BCUT2D eigenvalue weighted by atomic mass is 9.95. The van der Waals surface area contributed by atoms with Gasteiger partial charge in [0, 0.05) is 17.2 Å². The minimum Gasteiger partial charge on any atom is -0.497 e. The standard InChI is InChI=1S/C31H29BrN2O7S/c1-7-41-30(36)27-16(2)33-31-34(28(27)21-13-22(32)25(40-6)15-24(21)39-5)29(35)26(42-31)14-20-19-12-18(37-3)10-8-17(19)9-11-23(20)38-4/h8-15,28H,7H2,1-6H3/b26-14-/t28-/m0/s1. The first-order chi connectivity index (χ1) is 20.3. The molecule has 0 amide bonds. The summed E-state index contributed by atoms with van der Waals surface area (Å²) in [6, 6.07) is 12.2. The van der Waals surface area contributed by atoms with Crippen molar-refractivity contribution in [1.29, 1.82) is 0 Å². The Kier molecular flexibility index (Phi) is 8.42. The monoisotopic (exact) mass is 652 g/mol. The van der Waals surface area contributed by atoms with E-state index in [0.717, 1.165) is 16.3 Å². The van der Waals surface area contributed by atoms with E-state index >= 15 is 0 Å². The molecule has 0 aliphatic carbocycles. The van der Waals surface area contributed by atoms with Gasteiger partial charge in [0.15, 0.2) is 4.80 Å². The first-order valence-corrected chi connectivity index (χ1v) is 14.6. The lowest BCUT2D eigenvalue weighted by molar-refractivity contribution is -0.139. The van der Waals surface area contributed by atoms with Gasteiger partial charge in [0.05, 0.1) is 55.3 Å². The molecule has 0 saturated heterocycles. The Morgan fingerprint density at radius 3 is 2.38 bits per heavy atom. The van der Waals surface area contributed by atoms with Crippen LogP contribution in [-0.4, -0.2) is 45.6 Å². The van der Waals surface area contributed by atoms with E-state index in [0.29, 0.717) is 48.1 Å². The molecule has 2 heterocycles. The molecule has 0 N–H and O–H groups in total. The average Bonchev–Trinajstić information content (AvgIpc) is 3.30. The second-order valence-electron chi connectivity index (χ2n) is 9.30. The van der Waals surface area contributed by atoms with Crippen LogP contribution in [0.1, 0.15) is 31.0 Å². The number of hydrogen-bond donors (Lipinski definition) is 0. The van der Waals surface area contributed by atoms with E-state index in [4.69, 9.17) is 23.7 Å². The van der Waals surface area contributed by atoms with E-state index in [1.54, 1.807) is 53.4 Å². The molecule has 1 aliphatic heterocycles. The quantitative estimate of drug-likeness (QED) is 0.254. The van der Waals surface area contributed by atoms with E-state index < -0.39 is 12.0 Å². The normalized spacial score (nSPS) is 14.8. The molecule has 1 aromatic heterocycles. The van der Waals surface area contributed by atoms with Crippen LogP contribution in [0.25, 0.3) is 16.8 Å². The molecule has 1 aliphatic rings. The first kappa shape index (κ1) is 29.4. The number of rotatable bonds is 8. The van der Waals surface area contributed by atoms with Crippen molar-refractivity contribution in [2.45, 2.75) is 19.9 Å². The Morgan fingerprint density at radius 1 is 1.00 bits per heavy atom. The molecule has 9 nitrogen and oxygen atoms in total. The maximum absolute atomic E-state index is 14.3. The molecule has 218 valence electrons. The van der Waals surface area contributed by atoms with Gasteiger partial charge in [-0.2, -0.15) is 0 Å². The molecule has 0 spiro atoms. The largest absolute Gasteiger partial charge is 0.497 e. The molecule has 4 aromatic rings. The Balaban J connectivity index is 1.83. The van der Waals surface area contributed by atoms with Crippen molar-refractivity contribution in [3.05, 3.63) is 89.0 Å². The van der Waals surface area contributed by atoms with Crippen LogP contribution >= 0.6 is 27.3 Å². The zero-order chi connectivity index (χ0) is 30.1.